The highest BCUT2D eigenvalue weighted by atomic mass is 127. The summed E-state index contributed by atoms with van der Waals surface area (Å²) in [5, 5.41) is 6.67. The Balaban J connectivity index is 0.00000512. The molecule has 1 heterocycles. The van der Waals surface area contributed by atoms with E-state index in [0.29, 0.717) is 18.1 Å². The van der Waals surface area contributed by atoms with E-state index in [2.05, 4.69) is 53.0 Å². The van der Waals surface area contributed by atoms with Crippen LogP contribution in [0.5, 0.6) is 0 Å². The van der Waals surface area contributed by atoms with E-state index in [1.165, 1.54) is 0 Å². The number of benzene rings is 1. The van der Waals surface area contributed by atoms with Crippen molar-refractivity contribution >= 4 is 29.9 Å². The van der Waals surface area contributed by atoms with Crippen molar-refractivity contribution in [2.75, 3.05) is 33.3 Å². The van der Waals surface area contributed by atoms with Crippen LogP contribution in [-0.2, 0) is 22.6 Å². The molecule has 0 amide bonds. The average Bonchev–Trinajstić information content (AvgIpc) is 2.67. The molecular formula is C22H36F3IN4O2. The Morgan fingerprint density at radius 3 is 2.19 bits per heavy atom. The topological polar surface area (TPSA) is 58.1 Å². The van der Waals surface area contributed by atoms with Crippen molar-refractivity contribution in [2.45, 2.75) is 64.8 Å². The van der Waals surface area contributed by atoms with Gasteiger partial charge in [-0.1, -0.05) is 24.3 Å². The number of morpholine rings is 1. The van der Waals surface area contributed by atoms with Crippen LogP contribution in [0.4, 0.5) is 13.2 Å². The number of aliphatic imine (C=N–C) groups is 1. The van der Waals surface area contributed by atoms with Gasteiger partial charge in [0.2, 0.25) is 0 Å². The quantitative estimate of drug-likeness (QED) is 0.281. The molecule has 184 valence electrons. The summed E-state index contributed by atoms with van der Waals surface area (Å²) in [6, 6.07) is 7.28. The second-order valence-corrected chi connectivity index (χ2v) is 8.68. The third-order valence-corrected chi connectivity index (χ3v) is 5.21. The van der Waals surface area contributed by atoms with Gasteiger partial charge in [-0.3, -0.25) is 9.89 Å². The van der Waals surface area contributed by atoms with Gasteiger partial charge in [-0.25, -0.2) is 0 Å². The van der Waals surface area contributed by atoms with Crippen LogP contribution in [0.3, 0.4) is 0 Å². The standard InChI is InChI=1S/C22H35F3N4O2.HI/c1-16-11-29(12-17(2)31-16)21(3,4)14-28-20(26-5)27-10-18-6-8-19(9-7-18)13-30-15-22(23,24)25;/h6-9,16-17H,10-15H2,1-5H3,(H2,26,27,28);1H. The summed E-state index contributed by atoms with van der Waals surface area (Å²) in [5.74, 6) is 0.694. The molecule has 2 N–H and O–H groups in total. The van der Waals surface area contributed by atoms with Gasteiger partial charge in [0.25, 0.3) is 0 Å². The second-order valence-electron chi connectivity index (χ2n) is 8.68. The van der Waals surface area contributed by atoms with Crippen molar-refractivity contribution in [1.82, 2.24) is 15.5 Å². The van der Waals surface area contributed by atoms with Crippen molar-refractivity contribution < 1.29 is 22.6 Å². The third-order valence-electron chi connectivity index (χ3n) is 5.21. The first-order valence-corrected chi connectivity index (χ1v) is 10.6. The lowest BCUT2D eigenvalue weighted by molar-refractivity contribution is -0.176. The van der Waals surface area contributed by atoms with Crippen LogP contribution in [0.1, 0.15) is 38.8 Å². The number of hydrogen-bond donors (Lipinski definition) is 2. The Hall–Kier alpha value is -1.11. The number of hydrogen-bond acceptors (Lipinski definition) is 4. The predicted molar refractivity (Wildman–Crippen MR) is 131 cm³/mol. The molecule has 2 rings (SSSR count). The lowest BCUT2D eigenvalue weighted by Gasteiger charge is -2.45. The Kier molecular flexibility index (Phi) is 11.7. The molecule has 1 saturated heterocycles. The minimum Gasteiger partial charge on any atom is -0.373 e. The molecule has 0 saturated carbocycles. The lowest BCUT2D eigenvalue weighted by Crippen LogP contribution is -2.59. The molecule has 0 spiro atoms. The molecule has 10 heteroatoms. The van der Waals surface area contributed by atoms with Crippen LogP contribution in [-0.4, -0.2) is 68.1 Å². The maximum Gasteiger partial charge on any atom is 0.411 e. The van der Waals surface area contributed by atoms with Gasteiger partial charge in [0.1, 0.15) is 6.61 Å². The van der Waals surface area contributed by atoms with Crippen LogP contribution in [0.25, 0.3) is 0 Å². The van der Waals surface area contributed by atoms with Crippen LogP contribution in [0.2, 0.25) is 0 Å². The number of ether oxygens (including phenoxy) is 2. The molecule has 0 radical (unpaired) electrons. The van der Waals surface area contributed by atoms with E-state index in [1.54, 1.807) is 19.2 Å². The molecule has 1 aromatic rings. The highest BCUT2D eigenvalue weighted by Gasteiger charge is 2.33. The molecule has 2 atom stereocenters. The fourth-order valence-corrected chi connectivity index (χ4v) is 3.53. The molecule has 1 aliphatic heterocycles. The van der Waals surface area contributed by atoms with Gasteiger partial charge in [0.15, 0.2) is 5.96 Å². The van der Waals surface area contributed by atoms with Crippen LogP contribution in [0, 0.1) is 0 Å². The fraction of sp³-hybridized carbons (Fsp3) is 0.682. The normalized spacial score (nSPS) is 20.6. The smallest absolute Gasteiger partial charge is 0.373 e. The first-order valence-electron chi connectivity index (χ1n) is 10.6. The summed E-state index contributed by atoms with van der Waals surface area (Å²) in [4.78, 5) is 6.72. The highest BCUT2D eigenvalue weighted by Crippen LogP contribution is 2.20. The maximum absolute atomic E-state index is 12.1. The molecule has 1 fully saturated rings. The largest absolute Gasteiger partial charge is 0.411 e. The Morgan fingerprint density at radius 1 is 1.09 bits per heavy atom. The van der Waals surface area contributed by atoms with E-state index in [9.17, 15) is 13.2 Å². The third kappa shape index (κ3) is 10.2. The molecular weight excluding hydrogens is 536 g/mol. The van der Waals surface area contributed by atoms with E-state index >= 15 is 0 Å². The summed E-state index contributed by atoms with van der Waals surface area (Å²) >= 11 is 0. The Bertz CT molecular complexity index is 704. The lowest BCUT2D eigenvalue weighted by atomic mass is 10.00. The predicted octanol–water partition coefficient (Wildman–Crippen LogP) is 3.94. The van der Waals surface area contributed by atoms with Crippen molar-refractivity contribution in [3.8, 4) is 0 Å². The van der Waals surface area contributed by atoms with Gasteiger partial charge >= 0.3 is 6.18 Å². The van der Waals surface area contributed by atoms with Crippen LogP contribution < -0.4 is 10.6 Å². The number of rotatable bonds is 8. The second kappa shape index (κ2) is 13.0. The molecule has 6 nitrogen and oxygen atoms in total. The number of guanidine groups is 1. The van der Waals surface area contributed by atoms with E-state index in [-0.39, 0.29) is 48.3 Å². The Morgan fingerprint density at radius 2 is 1.66 bits per heavy atom. The molecule has 0 bridgehead atoms. The van der Waals surface area contributed by atoms with E-state index in [0.717, 1.165) is 25.2 Å². The minimum atomic E-state index is -4.31. The van der Waals surface area contributed by atoms with Crippen LogP contribution >= 0.6 is 24.0 Å². The molecule has 0 aromatic heterocycles. The first-order chi connectivity index (χ1) is 14.5. The van der Waals surface area contributed by atoms with E-state index in [1.807, 2.05) is 12.1 Å². The first kappa shape index (κ1) is 28.9. The number of halogens is 4. The van der Waals surface area contributed by atoms with Crippen molar-refractivity contribution in [1.29, 1.82) is 0 Å². The zero-order chi connectivity index (χ0) is 23.1. The van der Waals surface area contributed by atoms with Gasteiger partial charge in [-0.2, -0.15) is 13.2 Å². The summed E-state index contributed by atoms with van der Waals surface area (Å²) in [5.41, 5.74) is 1.63. The summed E-state index contributed by atoms with van der Waals surface area (Å²) in [6.45, 7) is 10.4. The number of nitrogens with one attached hydrogen (secondary N) is 2. The fourth-order valence-electron chi connectivity index (χ4n) is 3.53. The monoisotopic (exact) mass is 572 g/mol. The molecule has 1 aliphatic rings. The van der Waals surface area contributed by atoms with E-state index in [4.69, 9.17) is 4.74 Å². The van der Waals surface area contributed by atoms with Gasteiger partial charge < -0.3 is 20.1 Å². The highest BCUT2D eigenvalue weighted by molar-refractivity contribution is 14.0. The van der Waals surface area contributed by atoms with Gasteiger partial charge in [0.05, 0.1) is 18.8 Å². The zero-order valence-electron chi connectivity index (χ0n) is 19.5. The van der Waals surface area contributed by atoms with Crippen molar-refractivity contribution in [3.63, 3.8) is 0 Å². The average molecular weight is 572 g/mol. The molecule has 32 heavy (non-hydrogen) atoms. The molecule has 1 aromatic carbocycles. The maximum atomic E-state index is 12.1. The zero-order valence-corrected chi connectivity index (χ0v) is 21.8. The minimum absolute atomic E-state index is 0. The summed E-state index contributed by atoms with van der Waals surface area (Å²) < 4.78 is 47.0. The van der Waals surface area contributed by atoms with E-state index < -0.39 is 12.8 Å². The number of alkyl halides is 3. The summed E-state index contributed by atoms with van der Waals surface area (Å²) in [7, 11) is 1.72. The molecule has 2 unspecified atom stereocenters. The van der Waals surface area contributed by atoms with Gasteiger partial charge in [0, 0.05) is 38.8 Å². The number of nitrogens with zero attached hydrogens (tertiary/aromatic N) is 2. The SMILES string of the molecule is CN=C(NCc1ccc(COCC(F)(F)F)cc1)NCC(C)(C)N1CC(C)OC(C)C1.I. The summed E-state index contributed by atoms with van der Waals surface area (Å²) in [6.07, 6.45) is -3.89. The van der Waals surface area contributed by atoms with Gasteiger partial charge in [-0.15, -0.1) is 24.0 Å². The van der Waals surface area contributed by atoms with Gasteiger partial charge in [-0.05, 0) is 38.8 Å². The van der Waals surface area contributed by atoms with Crippen molar-refractivity contribution in [2.24, 2.45) is 4.99 Å². The Labute approximate surface area is 206 Å². The molecule has 0 aliphatic carbocycles. The van der Waals surface area contributed by atoms with Crippen LogP contribution in [0.15, 0.2) is 29.3 Å². The van der Waals surface area contributed by atoms with Crippen molar-refractivity contribution in [3.05, 3.63) is 35.4 Å².